The molecule has 102 valence electrons. The van der Waals surface area contributed by atoms with Crippen molar-refractivity contribution >= 4 is 16.9 Å². The molecule has 0 fully saturated rings. The zero-order valence-corrected chi connectivity index (χ0v) is 11.4. The molecule has 2 rings (SSSR count). The number of hydrogen-bond donors (Lipinski definition) is 2. The molecule has 0 amide bonds. The van der Waals surface area contributed by atoms with E-state index in [0.29, 0.717) is 6.42 Å². The number of nitrogens with zero attached hydrogens (tertiary/aromatic N) is 1. The first-order valence-corrected chi connectivity index (χ1v) is 6.45. The summed E-state index contributed by atoms with van der Waals surface area (Å²) in [6.07, 6.45) is 0.489. The average Bonchev–Trinajstić information content (AvgIpc) is 2.65. The summed E-state index contributed by atoms with van der Waals surface area (Å²) in [6.45, 7) is 5.82. The van der Waals surface area contributed by atoms with Crippen LogP contribution < -0.4 is 0 Å². The molecule has 4 nitrogen and oxygen atoms in total. The second-order valence-corrected chi connectivity index (χ2v) is 5.29. The molecule has 0 aliphatic heterocycles. The fraction of sp³-hybridized carbons (Fsp3) is 0.400. The van der Waals surface area contributed by atoms with Crippen molar-refractivity contribution in [3.05, 3.63) is 30.0 Å². The van der Waals surface area contributed by atoms with E-state index < -0.39 is 11.9 Å². The molecule has 0 saturated heterocycles. The third-order valence-corrected chi connectivity index (χ3v) is 3.36. The predicted octanol–water partition coefficient (Wildman–Crippen LogP) is 3.19. The van der Waals surface area contributed by atoms with Crippen LogP contribution in [0.3, 0.4) is 0 Å². The summed E-state index contributed by atoms with van der Waals surface area (Å²) in [7, 11) is 0. The van der Waals surface area contributed by atoms with E-state index in [1.165, 1.54) is 0 Å². The van der Waals surface area contributed by atoms with Crippen LogP contribution in [-0.4, -0.2) is 20.7 Å². The quantitative estimate of drug-likeness (QED) is 0.888. The lowest BCUT2D eigenvalue weighted by molar-refractivity contribution is -0.141. The molecule has 2 N–H and O–H groups in total. The van der Waals surface area contributed by atoms with Crippen LogP contribution in [0.1, 0.15) is 32.5 Å². The van der Waals surface area contributed by atoms with Crippen molar-refractivity contribution in [2.24, 2.45) is 5.92 Å². The maximum absolute atomic E-state index is 11.0. The Bertz CT molecular complexity index is 613. The van der Waals surface area contributed by atoms with Gasteiger partial charge in [0, 0.05) is 29.6 Å². The number of carboxylic acid groups (broad SMARTS) is 1. The van der Waals surface area contributed by atoms with Gasteiger partial charge in [-0.2, -0.15) is 0 Å². The predicted molar refractivity (Wildman–Crippen MR) is 74.5 cm³/mol. The SMILES string of the molecule is CC(Cc1cc2ccc(O)cc2n1C(C)C)C(=O)O. The van der Waals surface area contributed by atoms with E-state index in [0.717, 1.165) is 16.6 Å². The van der Waals surface area contributed by atoms with Crippen molar-refractivity contribution in [2.75, 3.05) is 0 Å². The minimum atomic E-state index is -0.789. The number of carboxylic acids is 1. The highest BCUT2D eigenvalue weighted by Gasteiger charge is 2.17. The first-order chi connectivity index (χ1) is 8.90. The normalized spacial score (nSPS) is 13.1. The third kappa shape index (κ3) is 2.57. The largest absolute Gasteiger partial charge is 0.508 e. The maximum Gasteiger partial charge on any atom is 0.306 e. The maximum atomic E-state index is 11.0. The summed E-state index contributed by atoms with van der Waals surface area (Å²) in [5.74, 6) is -0.982. The molecule has 4 heteroatoms. The van der Waals surface area contributed by atoms with Crippen molar-refractivity contribution in [3.8, 4) is 5.75 Å². The topological polar surface area (TPSA) is 62.5 Å². The molecular weight excluding hydrogens is 242 g/mol. The zero-order chi connectivity index (χ0) is 14.2. The van der Waals surface area contributed by atoms with Crippen molar-refractivity contribution in [3.63, 3.8) is 0 Å². The molecule has 0 aliphatic rings. The van der Waals surface area contributed by atoms with Gasteiger partial charge in [0.1, 0.15) is 5.75 Å². The lowest BCUT2D eigenvalue weighted by Crippen LogP contribution is -2.15. The highest BCUT2D eigenvalue weighted by molar-refractivity contribution is 5.83. The van der Waals surface area contributed by atoms with Crippen LogP contribution in [0, 0.1) is 5.92 Å². The van der Waals surface area contributed by atoms with Crippen molar-refractivity contribution in [1.82, 2.24) is 4.57 Å². The van der Waals surface area contributed by atoms with E-state index in [2.05, 4.69) is 18.4 Å². The van der Waals surface area contributed by atoms with E-state index in [1.54, 1.807) is 19.1 Å². The van der Waals surface area contributed by atoms with Gasteiger partial charge in [-0.3, -0.25) is 4.79 Å². The van der Waals surface area contributed by atoms with Gasteiger partial charge < -0.3 is 14.8 Å². The lowest BCUT2D eigenvalue weighted by atomic mass is 10.1. The van der Waals surface area contributed by atoms with Gasteiger partial charge in [0.2, 0.25) is 0 Å². The number of carbonyl (C=O) groups is 1. The third-order valence-electron chi connectivity index (χ3n) is 3.36. The molecule has 0 spiro atoms. The van der Waals surface area contributed by atoms with Gasteiger partial charge in [-0.1, -0.05) is 6.92 Å². The number of fused-ring (bicyclic) bond motifs is 1. The van der Waals surface area contributed by atoms with Gasteiger partial charge in [-0.15, -0.1) is 0 Å². The highest BCUT2D eigenvalue weighted by Crippen LogP contribution is 2.28. The molecule has 1 unspecified atom stereocenters. The number of rotatable bonds is 4. The molecule has 0 radical (unpaired) electrons. The lowest BCUT2D eigenvalue weighted by Gasteiger charge is -2.16. The van der Waals surface area contributed by atoms with E-state index in [-0.39, 0.29) is 11.8 Å². The molecule has 19 heavy (non-hydrogen) atoms. The zero-order valence-electron chi connectivity index (χ0n) is 11.4. The van der Waals surface area contributed by atoms with E-state index >= 15 is 0 Å². The Hall–Kier alpha value is -1.97. The number of aromatic hydroxyl groups is 1. The van der Waals surface area contributed by atoms with Gasteiger partial charge in [-0.25, -0.2) is 0 Å². The first-order valence-electron chi connectivity index (χ1n) is 6.45. The average molecular weight is 261 g/mol. The smallest absolute Gasteiger partial charge is 0.306 e. The van der Waals surface area contributed by atoms with Crippen LogP contribution in [0.25, 0.3) is 10.9 Å². The second kappa shape index (κ2) is 4.96. The molecular formula is C15H19NO3. The van der Waals surface area contributed by atoms with Crippen molar-refractivity contribution in [2.45, 2.75) is 33.2 Å². The molecule has 0 bridgehead atoms. The summed E-state index contributed by atoms with van der Waals surface area (Å²) < 4.78 is 2.09. The van der Waals surface area contributed by atoms with Crippen LogP contribution in [0.4, 0.5) is 0 Å². The van der Waals surface area contributed by atoms with Gasteiger partial charge >= 0.3 is 5.97 Å². The summed E-state index contributed by atoms with van der Waals surface area (Å²) in [5, 5.41) is 19.7. The van der Waals surface area contributed by atoms with Crippen LogP contribution >= 0.6 is 0 Å². The Morgan fingerprint density at radius 3 is 2.53 bits per heavy atom. The highest BCUT2D eigenvalue weighted by atomic mass is 16.4. The Morgan fingerprint density at radius 2 is 1.95 bits per heavy atom. The van der Waals surface area contributed by atoms with Gasteiger partial charge in [-0.05, 0) is 32.0 Å². The minimum Gasteiger partial charge on any atom is -0.508 e. The Morgan fingerprint density at radius 1 is 1.26 bits per heavy atom. The monoisotopic (exact) mass is 261 g/mol. The number of phenols is 1. The Balaban J connectivity index is 2.54. The molecule has 1 heterocycles. The summed E-state index contributed by atoms with van der Waals surface area (Å²) in [5.41, 5.74) is 1.94. The number of phenolic OH excluding ortho intramolecular Hbond substituents is 1. The number of aliphatic carboxylic acids is 1. The van der Waals surface area contributed by atoms with Crippen molar-refractivity contribution in [1.29, 1.82) is 0 Å². The summed E-state index contributed by atoms with van der Waals surface area (Å²) in [4.78, 5) is 11.0. The Labute approximate surface area is 112 Å². The summed E-state index contributed by atoms with van der Waals surface area (Å²) >= 11 is 0. The van der Waals surface area contributed by atoms with Gasteiger partial charge in [0.15, 0.2) is 0 Å². The van der Waals surface area contributed by atoms with E-state index in [4.69, 9.17) is 5.11 Å². The second-order valence-electron chi connectivity index (χ2n) is 5.29. The molecule has 2 aromatic rings. The molecule has 1 aromatic carbocycles. The van der Waals surface area contributed by atoms with Crippen LogP contribution in [0.2, 0.25) is 0 Å². The summed E-state index contributed by atoms with van der Waals surface area (Å²) in [6, 6.07) is 7.46. The van der Waals surface area contributed by atoms with Crippen LogP contribution in [0.15, 0.2) is 24.3 Å². The minimum absolute atomic E-state index is 0.218. The van der Waals surface area contributed by atoms with E-state index in [9.17, 15) is 9.90 Å². The fourth-order valence-electron chi connectivity index (χ4n) is 2.43. The molecule has 1 atom stereocenters. The molecule has 0 saturated carbocycles. The van der Waals surface area contributed by atoms with Crippen LogP contribution in [0.5, 0.6) is 5.75 Å². The fourth-order valence-corrected chi connectivity index (χ4v) is 2.43. The Kier molecular flexibility index (Phi) is 3.51. The molecule has 0 aliphatic carbocycles. The van der Waals surface area contributed by atoms with Crippen molar-refractivity contribution < 1.29 is 15.0 Å². The van der Waals surface area contributed by atoms with E-state index in [1.807, 2.05) is 12.1 Å². The van der Waals surface area contributed by atoms with Crippen LogP contribution in [-0.2, 0) is 11.2 Å². The number of aromatic nitrogens is 1. The first kappa shape index (κ1) is 13.5. The van der Waals surface area contributed by atoms with Gasteiger partial charge in [0.25, 0.3) is 0 Å². The van der Waals surface area contributed by atoms with Gasteiger partial charge in [0.05, 0.1) is 11.4 Å². The number of benzene rings is 1. The molecule has 1 aromatic heterocycles. The number of hydrogen-bond acceptors (Lipinski definition) is 2. The standard InChI is InChI=1S/C15H19NO3/c1-9(2)16-12(6-10(3)15(18)19)7-11-4-5-13(17)8-14(11)16/h4-5,7-10,17H,6H2,1-3H3,(H,18,19).